The van der Waals surface area contributed by atoms with E-state index in [1.165, 1.54) is 0 Å². The molecule has 0 bridgehead atoms. The SMILES string of the molecule is C=CCNC(=NC)N(C)CC1CCOC1.I. The lowest BCUT2D eigenvalue weighted by Crippen LogP contribution is -2.41. The van der Waals surface area contributed by atoms with Gasteiger partial charge in [0.2, 0.25) is 0 Å². The van der Waals surface area contributed by atoms with Gasteiger partial charge < -0.3 is 15.0 Å². The van der Waals surface area contributed by atoms with Gasteiger partial charge in [-0.15, -0.1) is 30.6 Å². The molecule has 1 N–H and O–H groups in total. The number of nitrogens with zero attached hydrogens (tertiary/aromatic N) is 2. The molecule has 1 aliphatic heterocycles. The van der Waals surface area contributed by atoms with Crippen molar-refractivity contribution in [2.45, 2.75) is 6.42 Å². The van der Waals surface area contributed by atoms with Gasteiger partial charge in [0, 0.05) is 39.7 Å². The third kappa shape index (κ3) is 5.16. The molecule has 0 aromatic rings. The number of aliphatic imine (C=N–C) groups is 1. The van der Waals surface area contributed by atoms with Crippen LogP contribution in [-0.2, 0) is 4.74 Å². The molecule has 1 unspecified atom stereocenters. The van der Waals surface area contributed by atoms with Crippen molar-refractivity contribution in [2.75, 3.05) is 40.4 Å². The minimum Gasteiger partial charge on any atom is -0.381 e. The van der Waals surface area contributed by atoms with Crippen molar-refractivity contribution < 1.29 is 4.74 Å². The molecule has 0 aromatic carbocycles. The second-order valence-corrected chi connectivity index (χ2v) is 3.83. The van der Waals surface area contributed by atoms with Crippen molar-refractivity contribution in [1.29, 1.82) is 0 Å². The summed E-state index contributed by atoms with van der Waals surface area (Å²) in [4.78, 5) is 6.35. The Morgan fingerprint density at radius 1 is 1.69 bits per heavy atom. The highest BCUT2D eigenvalue weighted by atomic mass is 127. The zero-order chi connectivity index (χ0) is 11.1. The summed E-state index contributed by atoms with van der Waals surface area (Å²) < 4.78 is 5.35. The van der Waals surface area contributed by atoms with Gasteiger partial charge in [0.05, 0.1) is 6.61 Å². The second-order valence-electron chi connectivity index (χ2n) is 3.83. The third-order valence-electron chi connectivity index (χ3n) is 2.53. The Bertz CT molecular complexity index is 227. The molecule has 0 amide bonds. The van der Waals surface area contributed by atoms with E-state index >= 15 is 0 Å². The van der Waals surface area contributed by atoms with E-state index in [1.54, 1.807) is 7.05 Å². The Hall–Kier alpha value is -0.300. The average molecular weight is 339 g/mol. The first-order chi connectivity index (χ1) is 7.27. The number of nitrogens with one attached hydrogen (secondary N) is 1. The first-order valence-electron chi connectivity index (χ1n) is 5.38. The molecule has 94 valence electrons. The van der Waals surface area contributed by atoms with Crippen LogP contribution < -0.4 is 5.32 Å². The summed E-state index contributed by atoms with van der Waals surface area (Å²) in [6.45, 7) is 7.20. The molecular formula is C11H22IN3O. The van der Waals surface area contributed by atoms with E-state index < -0.39 is 0 Å². The molecule has 16 heavy (non-hydrogen) atoms. The van der Waals surface area contributed by atoms with Crippen molar-refractivity contribution in [3.8, 4) is 0 Å². The average Bonchev–Trinajstić information content (AvgIpc) is 2.71. The van der Waals surface area contributed by atoms with Gasteiger partial charge in [-0.25, -0.2) is 0 Å². The van der Waals surface area contributed by atoms with E-state index in [1.807, 2.05) is 6.08 Å². The van der Waals surface area contributed by atoms with Gasteiger partial charge >= 0.3 is 0 Å². The minimum atomic E-state index is 0. The van der Waals surface area contributed by atoms with Gasteiger partial charge in [-0.05, 0) is 6.42 Å². The fraction of sp³-hybridized carbons (Fsp3) is 0.727. The van der Waals surface area contributed by atoms with Gasteiger partial charge in [0.15, 0.2) is 5.96 Å². The Kier molecular flexibility index (Phi) is 8.64. The molecule has 4 nitrogen and oxygen atoms in total. The molecule has 0 aliphatic carbocycles. The Balaban J connectivity index is 0.00000225. The standard InChI is InChI=1S/C11H21N3O.HI/c1-4-6-13-11(12-2)14(3)8-10-5-7-15-9-10;/h4,10H,1,5-9H2,2-3H3,(H,12,13);1H. The molecule has 1 rings (SSSR count). The van der Waals surface area contributed by atoms with Gasteiger partial charge in [-0.2, -0.15) is 0 Å². The number of ether oxygens (including phenoxy) is 1. The quantitative estimate of drug-likeness (QED) is 0.363. The van der Waals surface area contributed by atoms with Crippen LogP contribution in [0.3, 0.4) is 0 Å². The van der Waals surface area contributed by atoms with Crippen LogP contribution in [0.5, 0.6) is 0 Å². The van der Waals surface area contributed by atoms with Gasteiger partial charge in [-0.3, -0.25) is 4.99 Å². The molecule has 1 fully saturated rings. The van der Waals surface area contributed by atoms with Crippen molar-refractivity contribution >= 4 is 29.9 Å². The van der Waals surface area contributed by atoms with Crippen molar-refractivity contribution in [1.82, 2.24) is 10.2 Å². The van der Waals surface area contributed by atoms with E-state index in [4.69, 9.17) is 4.74 Å². The summed E-state index contributed by atoms with van der Waals surface area (Å²) in [6.07, 6.45) is 2.99. The minimum absolute atomic E-state index is 0. The molecule has 0 saturated carbocycles. The molecule has 1 aliphatic rings. The van der Waals surface area contributed by atoms with Crippen LogP contribution in [0.15, 0.2) is 17.6 Å². The van der Waals surface area contributed by atoms with E-state index in [2.05, 4.69) is 28.8 Å². The van der Waals surface area contributed by atoms with Gasteiger partial charge in [0.1, 0.15) is 0 Å². The zero-order valence-corrected chi connectivity index (χ0v) is 12.4. The van der Waals surface area contributed by atoms with Crippen LogP contribution >= 0.6 is 24.0 Å². The number of rotatable bonds is 4. The highest BCUT2D eigenvalue weighted by Gasteiger charge is 2.18. The lowest BCUT2D eigenvalue weighted by molar-refractivity contribution is 0.181. The highest BCUT2D eigenvalue weighted by Crippen LogP contribution is 2.12. The van der Waals surface area contributed by atoms with Crippen LogP contribution in [0.4, 0.5) is 0 Å². The highest BCUT2D eigenvalue weighted by molar-refractivity contribution is 14.0. The Labute approximate surface area is 115 Å². The van der Waals surface area contributed by atoms with E-state index in [9.17, 15) is 0 Å². The topological polar surface area (TPSA) is 36.9 Å². The summed E-state index contributed by atoms with van der Waals surface area (Å²) in [5.74, 6) is 1.55. The summed E-state index contributed by atoms with van der Waals surface area (Å²) in [7, 11) is 3.85. The van der Waals surface area contributed by atoms with Crippen LogP contribution in [0.25, 0.3) is 0 Å². The first-order valence-corrected chi connectivity index (χ1v) is 5.38. The smallest absolute Gasteiger partial charge is 0.193 e. The van der Waals surface area contributed by atoms with E-state index in [-0.39, 0.29) is 24.0 Å². The molecule has 1 saturated heterocycles. The van der Waals surface area contributed by atoms with Crippen LogP contribution in [0, 0.1) is 5.92 Å². The fourth-order valence-electron chi connectivity index (χ4n) is 1.75. The Morgan fingerprint density at radius 3 is 2.94 bits per heavy atom. The molecule has 1 heterocycles. The molecule has 0 radical (unpaired) electrons. The maximum Gasteiger partial charge on any atom is 0.193 e. The van der Waals surface area contributed by atoms with Crippen LogP contribution in [0.1, 0.15) is 6.42 Å². The predicted octanol–water partition coefficient (Wildman–Crippen LogP) is 1.33. The zero-order valence-electron chi connectivity index (χ0n) is 10.1. The van der Waals surface area contributed by atoms with Crippen molar-refractivity contribution in [3.05, 3.63) is 12.7 Å². The lowest BCUT2D eigenvalue weighted by atomic mass is 10.1. The summed E-state index contributed by atoms with van der Waals surface area (Å²) >= 11 is 0. The van der Waals surface area contributed by atoms with E-state index in [0.717, 1.165) is 38.7 Å². The summed E-state index contributed by atoms with van der Waals surface area (Å²) in [5, 5.41) is 3.21. The maximum absolute atomic E-state index is 5.35. The fourth-order valence-corrected chi connectivity index (χ4v) is 1.75. The monoisotopic (exact) mass is 339 g/mol. The summed E-state index contributed by atoms with van der Waals surface area (Å²) in [5.41, 5.74) is 0. The largest absolute Gasteiger partial charge is 0.381 e. The molecule has 0 aromatic heterocycles. The third-order valence-corrected chi connectivity index (χ3v) is 2.53. The number of hydrogen-bond acceptors (Lipinski definition) is 2. The molecule has 1 atom stereocenters. The maximum atomic E-state index is 5.35. The normalized spacial score (nSPS) is 20.1. The molecular weight excluding hydrogens is 317 g/mol. The van der Waals surface area contributed by atoms with E-state index in [0.29, 0.717) is 5.92 Å². The summed E-state index contributed by atoms with van der Waals surface area (Å²) in [6, 6.07) is 0. The first kappa shape index (κ1) is 15.7. The van der Waals surface area contributed by atoms with Crippen LogP contribution in [-0.4, -0.2) is 51.3 Å². The van der Waals surface area contributed by atoms with Gasteiger partial charge in [-0.1, -0.05) is 6.08 Å². The number of guanidine groups is 1. The van der Waals surface area contributed by atoms with Crippen LogP contribution in [0.2, 0.25) is 0 Å². The van der Waals surface area contributed by atoms with Gasteiger partial charge in [0.25, 0.3) is 0 Å². The number of hydrogen-bond donors (Lipinski definition) is 1. The molecule has 5 heteroatoms. The van der Waals surface area contributed by atoms with Crippen molar-refractivity contribution in [3.63, 3.8) is 0 Å². The second kappa shape index (κ2) is 8.81. The Morgan fingerprint density at radius 2 is 2.44 bits per heavy atom. The predicted molar refractivity (Wildman–Crippen MR) is 78.5 cm³/mol. The van der Waals surface area contributed by atoms with Crippen molar-refractivity contribution in [2.24, 2.45) is 10.9 Å². The lowest BCUT2D eigenvalue weighted by Gasteiger charge is -2.24. The number of halogens is 1. The molecule has 0 spiro atoms.